The Labute approximate surface area is 116 Å². The molecule has 0 saturated carbocycles. The highest BCUT2D eigenvalue weighted by Crippen LogP contribution is 2.22. The number of nitrogens with two attached hydrogens (primary N) is 1. The van der Waals surface area contributed by atoms with E-state index in [1.165, 1.54) is 30.5 Å². The van der Waals surface area contributed by atoms with Gasteiger partial charge in [-0.05, 0) is 24.3 Å². The Bertz CT molecular complexity index is 767. The third kappa shape index (κ3) is 2.69. The molecular formula is C12H11N5O2S. The highest BCUT2D eigenvalue weighted by molar-refractivity contribution is 7.92. The van der Waals surface area contributed by atoms with Gasteiger partial charge in [-0.2, -0.15) is 5.26 Å². The second-order valence-corrected chi connectivity index (χ2v) is 5.41. The van der Waals surface area contributed by atoms with Crippen molar-refractivity contribution in [1.29, 1.82) is 5.26 Å². The summed E-state index contributed by atoms with van der Waals surface area (Å²) >= 11 is 0. The van der Waals surface area contributed by atoms with Gasteiger partial charge in [-0.1, -0.05) is 12.1 Å². The molecule has 0 atom stereocenters. The largest absolute Gasteiger partial charge is 0.307 e. The van der Waals surface area contributed by atoms with Crippen LogP contribution in [0, 0.1) is 11.3 Å². The van der Waals surface area contributed by atoms with E-state index in [4.69, 9.17) is 11.1 Å². The molecule has 0 fully saturated rings. The van der Waals surface area contributed by atoms with E-state index in [1.54, 1.807) is 12.1 Å². The minimum Gasteiger partial charge on any atom is -0.307 e. The molecule has 2 aromatic rings. The van der Waals surface area contributed by atoms with Crippen molar-refractivity contribution in [3.8, 4) is 6.07 Å². The summed E-state index contributed by atoms with van der Waals surface area (Å²) < 4.78 is 26.9. The number of nitriles is 1. The van der Waals surface area contributed by atoms with E-state index in [2.05, 4.69) is 15.1 Å². The minimum absolute atomic E-state index is 0.0226. The Balaban J connectivity index is 2.44. The summed E-state index contributed by atoms with van der Waals surface area (Å²) in [6.45, 7) is 0. The maximum absolute atomic E-state index is 12.3. The number of nitrogens with one attached hydrogen (secondary N) is 2. The number of hydrazine groups is 1. The zero-order valence-corrected chi connectivity index (χ0v) is 11.1. The fourth-order valence-corrected chi connectivity index (χ4v) is 2.79. The summed E-state index contributed by atoms with van der Waals surface area (Å²) in [5.74, 6) is 5.26. The van der Waals surface area contributed by atoms with Crippen LogP contribution in [-0.4, -0.2) is 13.4 Å². The van der Waals surface area contributed by atoms with Crippen molar-refractivity contribution in [3.63, 3.8) is 0 Å². The van der Waals surface area contributed by atoms with Crippen LogP contribution in [0.4, 0.5) is 11.5 Å². The number of para-hydroxylation sites is 1. The highest BCUT2D eigenvalue weighted by atomic mass is 32.2. The molecule has 1 heterocycles. The van der Waals surface area contributed by atoms with Crippen LogP contribution in [0.1, 0.15) is 5.56 Å². The van der Waals surface area contributed by atoms with E-state index in [0.29, 0.717) is 0 Å². The van der Waals surface area contributed by atoms with Crippen LogP contribution in [0.3, 0.4) is 0 Å². The molecule has 8 heteroatoms. The van der Waals surface area contributed by atoms with Gasteiger partial charge >= 0.3 is 0 Å². The summed E-state index contributed by atoms with van der Waals surface area (Å²) in [5, 5.41) is 8.96. The van der Waals surface area contributed by atoms with Crippen molar-refractivity contribution >= 4 is 21.5 Å². The van der Waals surface area contributed by atoms with E-state index < -0.39 is 10.0 Å². The maximum atomic E-state index is 12.3. The number of anilines is 2. The molecule has 0 aliphatic carbocycles. The summed E-state index contributed by atoms with van der Waals surface area (Å²) in [4.78, 5) is 3.73. The molecule has 102 valence electrons. The molecule has 1 aromatic heterocycles. The van der Waals surface area contributed by atoms with Crippen LogP contribution in [0.25, 0.3) is 0 Å². The average Bonchev–Trinajstić information content (AvgIpc) is 2.47. The lowest BCUT2D eigenvalue weighted by Gasteiger charge is -2.11. The minimum atomic E-state index is -3.89. The molecule has 20 heavy (non-hydrogen) atoms. The molecule has 0 spiro atoms. The predicted molar refractivity (Wildman–Crippen MR) is 74.0 cm³/mol. The van der Waals surface area contributed by atoms with E-state index >= 15 is 0 Å². The van der Waals surface area contributed by atoms with Crippen LogP contribution in [-0.2, 0) is 10.0 Å². The smallest absolute Gasteiger partial charge is 0.265 e. The van der Waals surface area contributed by atoms with E-state index in [1.807, 2.05) is 6.07 Å². The Hall–Kier alpha value is -2.63. The molecule has 0 bridgehead atoms. The van der Waals surface area contributed by atoms with Gasteiger partial charge in [0, 0.05) is 6.20 Å². The first kappa shape index (κ1) is 13.8. The molecule has 0 saturated heterocycles. The van der Waals surface area contributed by atoms with Crippen molar-refractivity contribution in [2.24, 2.45) is 5.84 Å². The number of aromatic nitrogens is 1. The summed E-state index contributed by atoms with van der Waals surface area (Å²) in [6.07, 6.45) is 1.41. The monoisotopic (exact) mass is 289 g/mol. The molecule has 7 nitrogen and oxygen atoms in total. The Morgan fingerprint density at radius 1 is 1.20 bits per heavy atom. The summed E-state index contributed by atoms with van der Waals surface area (Å²) in [6, 6.07) is 11.0. The first-order valence-electron chi connectivity index (χ1n) is 5.52. The van der Waals surface area contributed by atoms with Crippen molar-refractivity contribution in [2.75, 3.05) is 10.1 Å². The highest BCUT2D eigenvalue weighted by Gasteiger charge is 2.20. The molecule has 0 amide bonds. The molecular weight excluding hydrogens is 278 g/mol. The van der Waals surface area contributed by atoms with Crippen LogP contribution < -0.4 is 16.0 Å². The van der Waals surface area contributed by atoms with Crippen molar-refractivity contribution in [1.82, 2.24) is 4.98 Å². The molecule has 0 aliphatic heterocycles. The average molecular weight is 289 g/mol. The van der Waals surface area contributed by atoms with Gasteiger partial charge in [-0.15, -0.1) is 0 Å². The number of rotatable bonds is 4. The van der Waals surface area contributed by atoms with Crippen LogP contribution in [0.5, 0.6) is 0 Å². The van der Waals surface area contributed by atoms with Crippen LogP contribution in [0.15, 0.2) is 47.5 Å². The maximum Gasteiger partial charge on any atom is 0.265 e. The number of pyridine rings is 1. The number of benzene rings is 1. The Morgan fingerprint density at radius 3 is 2.65 bits per heavy atom. The van der Waals surface area contributed by atoms with Gasteiger partial charge in [0.1, 0.15) is 11.0 Å². The van der Waals surface area contributed by atoms with E-state index in [0.717, 1.165) is 0 Å². The number of nitrogens with zero attached hydrogens (tertiary/aromatic N) is 2. The number of hydrogen-bond acceptors (Lipinski definition) is 6. The first-order valence-corrected chi connectivity index (χ1v) is 7.00. The predicted octanol–water partition coefficient (Wildman–Crippen LogP) is 1.04. The quantitative estimate of drug-likeness (QED) is 0.571. The summed E-state index contributed by atoms with van der Waals surface area (Å²) in [5.41, 5.74) is 2.64. The SMILES string of the molecule is N#Cc1ccccc1NS(=O)(=O)c1cccnc1NN. The van der Waals surface area contributed by atoms with Gasteiger partial charge in [0.2, 0.25) is 0 Å². The Morgan fingerprint density at radius 2 is 1.95 bits per heavy atom. The lowest BCUT2D eigenvalue weighted by atomic mass is 10.2. The topological polar surface area (TPSA) is 121 Å². The van der Waals surface area contributed by atoms with Crippen LogP contribution in [0.2, 0.25) is 0 Å². The molecule has 0 radical (unpaired) electrons. The molecule has 1 aromatic carbocycles. The number of nitrogen functional groups attached to an aromatic ring is 1. The lowest BCUT2D eigenvalue weighted by molar-refractivity contribution is 0.601. The third-order valence-electron chi connectivity index (χ3n) is 2.49. The van der Waals surface area contributed by atoms with Gasteiger partial charge in [-0.3, -0.25) is 4.72 Å². The van der Waals surface area contributed by atoms with Gasteiger partial charge < -0.3 is 5.43 Å². The molecule has 2 rings (SSSR count). The van der Waals surface area contributed by atoms with Gasteiger partial charge in [0.15, 0.2) is 5.82 Å². The van der Waals surface area contributed by atoms with Gasteiger partial charge in [-0.25, -0.2) is 19.2 Å². The Kier molecular flexibility index (Phi) is 3.84. The fourth-order valence-electron chi connectivity index (χ4n) is 1.59. The first-order chi connectivity index (χ1) is 9.58. The lowest BCUT2D eigenvalue weighted by Crippen LogP contribution is -2.18. The van der Waals surface area contributed by atoms with Gasteiger partial charge in [0.25, 0.3) is 10.0 Å². The van der Waals surface area contributed by atoms with Gasteiger partial charge in [0.05, 0.1) is 11.3 Å². The van der Waals surface area contributed by atoms with Crippen molar-refractivity contribution in [3.05, 3.63) is 48.2 Å². The molecule has 0 unspecified atom stereocenters. The second kappa shape index (κ2) is 5.56. The van der Waals surface area contributed by atoms with E-state index in [9.17, 15) is 8.42 Å². The molecule has 4 N–H and O–H groups in total. The van der Waals surface area contributed by atoms with Crippen molar-refractivity contribution < 1.29 is 8.42 Å². The zero-order valence-electron chi connectivity index (χ0n) is 10.2. The van der Waals surface area contributed by atoms with Crippen LogP contribution >= 0.6 is 0 Å². The zero-order chi connectivity index (χ0) is 14.6. The third-order valence-corrected chi connectivity index (χ3v) is 3.89. The normalized spacial score (nSPS) is 10.6. The number of hydrogen-bond donors (Lipinski definition) is 3. The number of sulfonamides is 1. The standard InChI is InChI=1S/C12H11N5O2S/c13-8-9-4-1-2-5-10(9)17-20(18,19)11-6-3-7-15-12(11)16-14/h1-7,17H,14H2,(H,15,16). The second-order valence-electron chi connectivity index (χ2n) is 3.76. The van der Waals surface area contributed by atoms with Crippen molar-refractivity contribution in [2.45, 2.75) is 4.90 Å². The summed E-state index contributed by atoms with van der Waals surface area (Å²) in [7, 11) is -3.89. The molecule has 0 aliphatic rings. The van der Waals surface area contributed by atoms with E-state index in [-0.39, 0.29) is 22.0 Å². The fraction of sp³-hybridized carbons (Fsp3) is 0.